The van der Waals surface area contributed by atoms with Crippen LogP contribution in [0.4, 0.5) is 0 Å². The van der Waals surface area contributed by atoms with Gasteiger partial charge in [0.25, 0.3) is 0 Å². The minimum Gasteiger partial charge on any atom is -0.369 e. The number of ketones is 1. The third kappa shape index (κ3) is 3.53. The second-order valence-corrected chi connectivity index (χ2v) is 3.43. The number of hydrogen-bond acceptors (Lipinski definition) is 3. The summed E-state index contributed by atoms with van der Waals surface area (Å²) >= 11 is 1.45. The van der Waals surface area contributed by atoms with Crippen molar-refractivity contribution in [1.82, 2.24) is 0 Å². The third-order valence-corrected chi connectivity index (χ3v) is 2.39. The fraction of sp³-hybridized carbons (Fsp3) is 0.300. The molecule has 0 saturated carbocycles. The van der Waals surface area contributed by atoms with Crippen LogP contribution in [0.15, 0.2) is 29.7 Å². The summed E-state index contributed by atoms with van der Waals surface area (Å²) in [6, 6.07) is 3.68. The highest BCUT2D eigenvalue weighted by molar-refractivity contribution is 7.12. The fourth-order valence-electron chi connectivity index (χ4n) is 0.824. The average Bonchev–Trinajstić information content (AvgIpc) is 2.65. The first-order chi connectivity index (χ1) is 6.34. The van der Waals surface area contributed by atoms with Crippen molar-refractivity contribution in [3.8, 4) is 0 Å². The molecule has 1 rings (SSSR count). The van der Waals surface area contributed by atoms with Crippen LogP contribution >= 0.6 is 11.3 Å². The molecule has 0 aliphatic heterocycles. The predicted octanol–water partition coefficient (Wildman–Crippen LogP) is 2.52. The van der Waals surface area contributed by atoms with Gasteiger partial charge in [-0.3, -0.25) is 4.79 Å². The highest BCUT2D eigenvalue weighted by atomic mass is 32.1. The van der Waals surface area contributed by atoms with Gasteiger partial charge in [-0.2, -0.15) is 0 Å². The van der Waals surface area contributed by atoms with Gasteiger partial charge in [0, 0.05) is 0 Å². The summed E-state index contributed by atoms with van der Waals surface area (Å²) in [6.07, 6.45) is 3.78. The molecule has 1 aromatic rings. The standard InChI is InChI=1S/C10H12O2S/c1-2-3-6-12-8-9(11)10-5-4-7-13-10/h2-5,7H,6,8H2,1H3. The molecule has 0 fully saturated rings. The van der Waals surface area contributed by atoms with Crippen molar-refractivity contribution < 1.29 is 9.53 Å². The van der Waals surface area contributed by atoms with E-state index in [2.05, 4.69) is 0 Å². The second kappa shape index (κ2) is 5.67. The van der Waals surface area contributed by atoms with Crippen LogP contribution in [-0.4, -0.2) is 19.0 Å². The molecule has 0 aromatic carbocycles. The number of carbonyl (C=O) groups is 1. The van der Waals surface area contributed by atoms with Gasteiger partial charge in [0.15, 0.2) is 5.78 Å². The quantitative estimate of drug-likeness (QED) is 0.411. The van der Waals surface area contributed by atoms with Gasteiger partial charge in [-0.15, -0.1) is 11.3 Å². The number of carbonyl (C=O) groups excluding carboxylic acids is 1. The van der Waals surface area contributed by atoms with E-state index in [9.17, 15) is 4.79 Å². The van der Waals surface area contributed by atoms with Crippen LogP contribution in [-0.2, 0) is 4.74 Å². The maximum atomic E-state index is 11.3. The smallest absolute Gasteiger partial charge is 0.198 e. The molecule has 0 unspecified atom stereocenters. The lowest BCUT2D eigenvalue weighted by atomic mass is 10.3. The molecule has 0 radical (unpaired) electrons. The van der Waals surface area contributed by atoms with E-state index in [1.807, 2.05) is 36.6 Å². The molecule has 1 aromatic heterocycles. The van der Waals surface area contributed by atoms with Crippen molar-refractivity contribution in [2.24, 2.45) is 0 Å². The number of allylic oxidation sites excluding steroid dienone is 1. The second-order valence-electron chi connectivity index (χ2n) is 2.48. The largest absolute Gasteiger partial charge is 0.369 e. The van der Waals surface area contributed by atoms with E-state index in [-0.39, 0.29) is 12.4 Å². The Morgan fingerprint density at radius 3 is 3.15 bits per heavy atom. The molecular formula is C10H12O2S. The van der Waals surface area contributed by atoms with E-state index in [0.717, 1.165) is 4.88 Å². The SMILES string of the molecule is CC=CCOCC(=O)c1cccs1. The highest BCUT2D eigenvalue weighted by Gasteiger charge is 2.05. The molecule has 0 saturated heterocycles. The fourth-order valence-corrected chi connectivity index (χ4v) is 1.48. The van der Waals surface area contributed by atoms with Crippen LogP contribution in [0.25, 0.3) is 0 Å². The van der Waals surface area contributed by atoms with E-state index in [0.29, 0.717) is 6.61 Å². The summed E-state index contributed by atoms with van der Waals surface area (Å²) in [5.74, 6) is 0.0551. The molecule has 0 atom stereocenters. The maximum absolute atomic E-state index is 11.3. The topological polar surface area (TPSA) is 26.3 Å². The number of thiophene rings is 1. The first-order valence-corrected chi connectivity index (χ1v) is 4.98. The van der Waals surface area contributed by atoms with Gasteiger partial charge in [0.1, 0.15) is 6.61 Å². The van der Waals surface area contributed by atoms with Crippen molar-refractivity contribution in [2.75, 3.05) is 13.2 Å². The Morgan fingerprint density at radius 2 is 2.54 bits per heavy atom. The van der Waals surface area contributed by atoms with Crippen molar-refractivity contribution >= 4 is 17.1 Å². The zero-order valence-corrected chi connectivity index (χ0v) is 8.34. The van der Waals surface area contributed by atoms with E-state index < -0.39 is 0 Å². The van der Waals surface area contributed by atoms with Gasteiger partial charge >= 0.3 is 0 Å². The van der Waals surface area contributed by atoms with E-state index in [1.165, 1.54) is 11.3 Å². The predicted molar refractivity (Wildman–Crippen MR) is 54.3 cm³/mol. The summed E-state index contributed by atoms with van der Waals surface area (Å²) in [6.45, 7) is 2.60. The highest BCUT2D eigenvalue weighted by Crippen LogP contribution is 2.08. The van der Waals surface area contributed by atoms with E-state index in [4.69, 9.17) is 4.74 Å². The lowest BCUT2D eigenvalue weighted by Gasteiger charge is -1.97. The summed E-state index contributed by atoms with van der Waals surface area (Å²) < 4.78 is 5.13. The molecule has 13 heavy (non-hydrogen) atoms. The molecule has 0 N–H and O–H groups in total. The molecule has 70 valence electrons. The molecule has 1 heterocycles. The molecule has 0 spiro atoms. The Bertz CT molecular complexity index is 275. The number of Topliss-reactive ketones (excluding diaryl/α,β-unsaturated/α-hetero) is 1. The zero-order chi connectivity index (χ0) is 9.52. The summed E-state index contributed by atoms with van der Waals surface area (Å²) in [5.41, 5.74) is 0. The molecule has 0 aliphatic carbocycles. The maximum Gasteiger partial charge on any atom is 0.198 e. The number of hydrogen-bond donors (Lipinski definition) is 0. The normalized spacial score (nSPS) is 10.8. The van der Waals surface area contributed by atoms with Gasteiger partial charge < -0.3 is 4.74 Å². The molecule has 0 amide bonds. The lowest BCUT2D eigenvalue weighted by molar-refractivity contribution is 0.0810. The van der Waals surface area contributed by atoms with Crippen LogP contribution in [0, 0.1) is 0 Å². The van der Waals surface area contributed by atoms with E-state index >= 15 is 0 Å². The van der Waals surface area contributed by atoms with Crippen molar-refractivity contribution in [3.63, 3.8) is 0 Å². The van der Waals surface area contributed by atoms with Crippen LogP contribution in [0.5, 0.6) is 0 Å². The number of ether oxygens (including phenoxy) is 1. The zero-order valence-electron chi connectivity index (χ0n) is 7.53. The van der Waals surface area contributed by atoms with Crippen molar-refractivity contribution in [1.29, 1.82) is 0 Å². The Hall–Kier alpha value is -0.930. The Kier molecular flexibility index (Phi) is 4.43. The monoisotopic (exact) mass is 196 g/mol. The minimum absolute atomic E-state index is 0.0551. The first-order valence-electron chi connectivity index (χ1n) is 4.10. The van der Waals surface area contributed by atoms with Gasteiger partial charge in [-0.1, -0.05) is 18.2 Å². The van der Waals surface area contributed by atoms with Gasteiger partial charge in [0.05, 0.1) is 11.5 Å². The van der Waals surface area contributed by atoms with Crippen LogP contribution in [0.2, 0.25) is 0 Å². The molecule has 2 nitrogen and oxygen atoms in total. The summed E-state index contributed by atoms with van der Waals surface area (Å²) in [4.78, 5) is 12.1. The molecule has 0 aliphatic rings. The molecule has 0 bridgehead atoms. The third-order valence-electron chi connectivity index (χ3n) is 1.48. The van der Waals surface area contributed by atoms with Gasteiger partial charge in [-0.25, -0.2) is 0 Å². The van der Waals surface area contributed by atoms with Crippen LogP contribution < -0.4 is 0 Å². The average molecular weight is 196 g/mol. The van der Waals surface area contributed by atoms with Crippen LogP contribution in [0.1, 0.15) is 16.6 Å². The summed E-state index contributed by atoms with van der Waals surface area (Å²) in [7, 11) is 0. The molecular weight excluding hydrogens is 184 g/mol. The van der Waals surface area contributed by atoms with Crippen molar-refractivity contribution in [2.45, 2.75) is 6.92 Å². The van der Waals surface area contributed by atoms with E-state index in [1.54, 1.807) is 0 Å². The Morgan fingerprint density at radius 1 is 1.69 bits per heavy atom. The molecule has 3 heteroatoms. The Labute approximate surface area is 81.8 Å². The first kappa shape index (κ1) is 10.2. The summed E-state index contributed by atoms with van der Waals surface area (Å²) in [5, 5.41) is 1.89. The van der Waals surface area contributed by atoms with Gasteiger partial charge in [-0.05, 0) is 18.4 Å². The Balaban J connectivity index is 2.27. The van der Waals surface area contributed by atoms with Crippen LogP contribution in [0.3, 0.4) is 0 Å². The lowest BCUT2D eigenvalue weighted by Crippen LogP contribution is -2.07. The number of rotatable bonds is 5. The van der Waals surface area contributed by atoms with Gasteiger partial charge in [0.2, 0.25) is 0 Å². The minimum atomic E-state index is 0.0551. The van der Waals surface area contributed by atoms with Crippen molar-refractivity contribution in [3.05, 3.63) is 34.5 Å².